The second-order valence-corrected chi connectivity index (χ2v) is 9.36. The number of nitrogens with two attached hydrogens (primary N) is 1. The Morgan fingerprint density at radius 3 is 2.18 bits per heavy atom. The number of anilines is 1. The summed E-state index contributed by atoms with van der Waals surface area (Å²) < 4.78 is 6.80. The highest BCUT2D eigenvalue weighted by molar-refractivity contribution is 7.98. The molecule has 0 aromatic heterocycles. The molecule has 0 saturated carbocycles. The van der Waals surface area contributed by atoms with E-state index in [1.807, 2.05) is 80.6 Å². The minimum atomic E-state index is -0.561. The van der Waals surface area contributed by atoms with Crippen molar-refractivity contribution in [3.63, 3.8) is 0 Å². The Morgan fingerprint density at radius 2 is 1.55 bits per heavy atom. The van der Waals surface area contributed by atoms with Crippen LogP contribution >= 0.6 is 11.9 Å². The summed E-state index contributed by atoms with van der Waals surface area (Å²) in [5.41, 5.74) is 10.3. The average Bonchev–Trinajstić information content (AvgIpc) is 2.82. The average molecular weight is 461 g/mol. The Kier molecular flexibility index (Phi) is 8.33. The Labute approximate surface area is 199 Å². The van der Waals surface area contributed by atoms with Gasteiger partial charge in [0, 0.05) is 16.4 Å². The molecule has 0 saturated heterocycles. The molecule has 3 rings (SSSR count). The molecule has 33 heavy (non-hydrogen) atoms. The van der Waals surface area contributed by atoms with Crippen LogP contribution in [0.1, 0.15) is 40.9 Å². The quantitative estimate of drug-likeness (QED) is 0.233. The minimum absolute atomic E-state index is 0.0867. The topological polar surface area (TPSA) is 72.6 Å². The van der Waals surface area contributed by atoms with Crippen molar-refractivity contribution >= 4 is 35.1 Å². The number of ketones is 1. The molecule has 0 fully saturated rings. The molecule has 0 heterocycles. The van der Waals surface area contributed by atoms with Crippen LogP contribution in [0.15, 0.2) is 85.4 Å². The van der Waals surface area contributed by atoms with E-state index in [2.05, 4.69) is 6.58 Å². The van der Waals surface area contributed by atoms with Gasteiger partial charge in [-0.2, -0.15) is 0 Å². The summed E-state index contributed by atoms with van der Waals surface area (Å²) in [6.45, 7) is 8.04. The summed E-state index contributed by atoms with van der Waals surface area (Å²) in [4.78, 5) is 25.9. The predicted molar refractivity (Wildman–Crippen MR) is 136 cm³/mol. The third kappa shape index (κ3) is 6.49. The zero-order valence-electron chi connectivity index (χ0n) is 18.9. The van der Waals surface area contributed by atoms with Gasteiger partial charge in [-0.25, -0.2) is 9.10 Å². The van der Waals surface area contributed by atoms with E-state index in [1.54, 1.807) is 12.1 Å². The molecule has 2 N–H and O–H groups in total. The Hall–Kier alpha value is -3.51. The molecule has 0 unspecified atom stereocenters. The third-order valence-electron chi connectivity index (χ3n) is 4.89. The number of Topliss-reactive ketones (excluding diaryl/α,β-unsaturated/α-hetero) is 1. The second kappa shape index (κ2) is 11.4. The first-order valence-electron chi connectivity index (χ1n) is 10.7. The van der Waals surface area contributed by atoms with E-state index < -0.39 is 6.09 Å². The Morgan fingerprint density at radius 1 is 0.939 bits per heavy atom. The molecular weight excluding hydrogens is 432 g/mol. The van der Waals surface area contributed by atoms with Crippen LogP contribution in [0.2, 0.25) is 0 Å². The number of carbonyl (C=O) groups is 2. The summed E-state index contributed by atoms with van der Waals surface area (Å²) in [6.07, 6.45) is -0.561. The van der Waals surface area contributed by atoms with Crippen molar-refractivity contribution in [3.05, 3.63) is 108 Å². The fraction of sp³-hybridized carbons (Fsp3) is 0.185. The number of hydrogen-bond donors (Lipinski definition) is 1. The van der Waals surface area contributed by atoms with Gasteiger partial charge in [0.1, 0.15) is 6.61 Å². The minimum Gasteiger partial charge on any atom is -0.444 e. The lowest BCUT2D eigenvalue weighted by Gasteiger charge is -2.22. The first-order chi connectivity index (χ1) is 15.9. The molecule has 0 radical (unpaired) electrons. The fourth-order valence-electron chi connectivity index (χ4n) is 3.27. The lowest BCUT2D eigenvalue weighted by molar-refractivity contribution is 0.0923. The monoisotopic (exact) mass is 460 g/mol. The van der Waals surface area contributed by atoms with E-state index in [4.69, 9.17) is 10.5 Å². The molecular formula is C27H28N2O3S. The highest BCUT2D eigenvalue weighted by atomic mass is 32.2. The number of carbonyl (C=O) groups excluding carboxylic acids is 2. The summed E-state index contributed by atoms with van der Waals surface area (Å²) >= 11 is 1.26. The van der Waals surface area contributed by atoms with Gasteiger partial charge in [-0.05, 0) is 34.7 Å². The maximum Gasteiger partial charge on any atom is 0.420 e. The normalized spacial score (nSPS) is 10.6. The number of nitrogen functional groups attached to an aromatic ring is 1. The van der Waals surface area contributed by atoms with Gasteiger partial charge in [0.25, 0.3) is 0 Å². The van der Waals surface area contributed by atoms with E-state index >= 15 is 0 Å². The lowest BCUT2D eigenvalue weighted by atomic mass is 9.95. The standard InChI is InChI=1S/C27H28N2O3S/c1-19(2)33-29(27(31)32-18-21-11-6-4-7-12-21)17-25(30)24-16-10-15-23(26(24)28)20(3)22-13-8-5-9-14-22/h4-16,19H,3,17-18,28H2,1-2H3. The lowest BCUT2D eigenvalue weighted by Crippen LogP contribution is -2.32. The molecule has 0 atom stereocenters. The van der Waals surface area contributed by atoms with Crippen molar-refractivity contribution in [2.24, 2.45) is 0 Å². The Balaban J connectivity index is 1.76. The van der Waals surface area contributed by atoms with Crippen LogP contribution in [0.3, 0.4) is 0 Å². The van der Waals surface area contributed by atoms with Crippen molar-refractivity contribution in [3.8, 4) is 0 Å². The van der Waals surface area contributed by atoms with Gasteiger partial charge in [0.2, 0.25) is 0 Å². The third-order valence-corrected chi connectivity index (χ3v) is 5.84. The van der Waals surface area contributed by atoms with E-state index in [0.717, 1.165) is 16.7 Å². The molecule has 5 nitrogen and oxygen atoms in total. The number of benzene rings is 3. The van der Waals surface area contributed by atoms with Crippen LogP contribution in [0.4, 0.5) is 10.5 Å². The van der Waals surface area contributed by atoms with Crippen LogP contribution in [0.5, 0.6) is 0 Å². The molecule has 3 aromatic carbocycles. The van der Waals surface area contributed by atoms with Gasteiger partial charge in [-0.15, -0.1) is 0 Å². The molecule has 0 aliphatic carbocycles. The molecule has 0 aliphatic rings. The van der Waals surface area contributed by atoms with Gasteiger partial charge in [0.15, 0.2) is 5.78 Å². The molecule has 0 bridgehead atoms. The van der Waals surface area contributed by atoms with Crippen molar-refractivity contribution in [1.82, 2.24) is 4.31 Å². The van der Waals surface area contributed by atoms with Crippen LogP contribution < -0.4 is 5.73 Å². The molecule has 0 aliphatic heterocycles. The van der Waals surface area contributed by atoms with Crippen LogP contribution in [-0.4, -0.2) is 28.0 Å². The highest BCUT2D eigenvalue weighted by Crippen LogP contribution is 2.29. The number of para-hydroxylation sites is 1. The molecule has 1 amide bonds. The number of hydrogen-bond acceptors (Lipinski definition) is 5. The molecule has 3 aromatic rings. The second-order valence-electron chi connectivity index (χ2n) is 7.77. The van der Waals surface area contributed by atoms with Gasteiger partial charge in [-0.3, -0.25) is 4.79 Å². The zero-order chi connectivity index (χ0) is 23.8. The van der Waals surface area contributed by atoms with E-state index in [-0.39, 0.29) is 24.2 Å². The fourth-order valence-corrected chi connectivity index (χ4v) is 4.11. The summed E-state index contributed by atoms with van der Waals surface area (Å²) in [6, 6.07) is 24.4. The van der Waals surface area contributed by atoms with Crippen LogP contribution in [-0.2, 0) is 11.3 Å². The van der Waals surface area contributed by atoms with Gasteiger partial charge >= 0.3 is 6.09 Å². The van der Waals surface area contributed by atoms with Gasteiger partial charge in [0.05, 0.1) is 12.2 Å². The van der Waals surface area contributed by atoms with E-state index in [9.17, 15) is 9.59 Å². The van der Waals surface area contributed by atoms with Crippen LogP contribution in [0.25, 0.3) is 5.57 Å². The van der Waals surface area contributed by atoms with E-state index in [0.29, 0.717) is 16.8 Å². The highest BCUT2D eigenvalue weighted by Gasteiger charge is 2.24. The number of ether oxygens (including phenoxy) is 1. The van der Waals surface area contributed by atoms with Gasteiger partial charge < -0.3 is 10.5 Å². The first-order valence-corrected chi connectivity index (χ1v) is 11.5. The van der Waals surface area contributed by atoms with Gasteiger partial charge in [-0.1, -0.05) is 93.2 Å². The molecule has 6 heteroatoms. The Bertz CT molecular complexity index is 1110. The number of amides is 1. The van der Waals surface area contributed by atoms with Crippen LogP contribution in [0, 0.1) is 0 Å². The predicted octanol–water partition coefficient (Wildman–Crippen LogP) is 6.21. The molecule has 0 spiro atoms. The molecule has 170 valence electrons. The summed E-state index contributed by atoms with van der Waals surface area (Å²) in [5, 5.41) is 0.0867. The maximum atomic E-state index is 13.2. The maximum absolute atomic E-state index is 13.2. The van der Waals surface area contributed by atoms with Crippen molar-refractivity contribution in [1.29, 1.82) is 0 Å². The smallest absolute Gasteiger partial charge is 0.420 e. The van der Waals surface area contributed by atoms with Crippen molar-refractivity contribution < 1.29 is 14.3 Å². The number of nitrogens with zero attached hydrogens (tertiary/aromatic N) is 1. The van der Waals surface area contributed by atoms with Crippen molar-refractivity contribution in [2.75, 3.05) is 12.3 Å². The SMILES string of the molecule is C=C(c1ccccc1)c1cccc(C(=O)CN(SC(C)C)C(=O)OCc2ccccc2)c1N. The first kappa shape index (κ1) is 24.1. The summed E-state index contributed by atoms with van der Waals surface area (Å²) in [5.74, 6) is -0.264. The summed E-state index contributed by atoms with van der Waals surface area (Å²) in [7, 11) is 0. The number of rotatable bonds is 9. The largest absolute Gasteiger partial charge is 0.444 e. The van der Waals surface area contributed by atoms with E-state index in [1.165, 1.54) is 16.3 Å². The van der Waals surface area contributed by atoms with Crippen molar-refractivity contribution in [2.45, 2.75) is 25.7 Å². The zero-order valence-corrected chi connectivity index (χ0v) is 19.7.